The summed E-state index contributed by atoms with van der Waals surface area (Å²) in [5.41, 5.74) is 4.99. The van der Waals surface area contributed by atoms with Crippen LogP contribution in [0.5, 0.6) is 0 Å². The molecule has 7 heavy (non-hydrogen) atoms. The van der Waals surface area contributed by atoms with Crippen LogP contribution in [0.25, 0.3) is 0 Å². The first-order chi connectivity index (χ1) is 3.41. The molecule has 0 heterocycles. The van der Waals surface area contributed by atoms with Gasteiger partial charge in [-0.3, -0.25) is 10.2 Å². The van der Waals surface area contributed by atoms with E-state index in [0.717, 1.165) is 13.0 Å². The summed E-state index contributed by atoms with van der Waals surface area (Å²) in [7, 11) is 0. The number of hydrogen-bond donors (Lipinski definition) is 2. The molecular formula is C4H10N2O. The molecule has 0 aromatic heterocycles. The third kappa shape index (κ3) is 5.43. The normalized spacial score (nSPS) is 8.14. The van der Waals surface area contributed by atoms with Gasteiger partial charge in [0, 0.05) is 6.54 Å². The van der Waals surface area contributed by atoms with Crippen molar-refractivity contribution in [2.45, 2.75) is 13.3 Å². The van der Waals surface area contributed by atoms with Crippen molar-refractivity contribution in [3.8, 4) is 0 Å². The van der Waals surface area contributed by atoms with Crippen LogP contribution in [0.15, 0.2) is 0 Å². The molecule has 0 aromatic carbocycles. The predicted molar refractivity (Wildman–Crippen MR) is 27.5 cm³/mol. The van der Waals surface area contributed by atoms with Crippen molar-refractivity contribution >= 4 is 6.41 Å². The van der Waals surface area contributed by atoms with Crippen molar-refractivity contribution in [2.75, 3.05) is 6.54 Å². The number of hydrogen-bond acceptors (Lipinski definition) is 2. The molecule has 0 aromatic rings. The van der Waals surface area contributed by atoms with Gasteiger partial charge in [0.1, 0.15) is 0 Å². The van der Waals surface area contributed by atoms with Gasteiger partial charge >= 0.3 is 0 Å². The molecule has 0 spiro atoms. The van der Waals surface area contributed by atoms with Gasteiger partial charge in [-0.25, -0.2) is 5.43 Å². The molecule has 0 unspecified atom stereocenters. The van der Waals surface area contributed by atoms with E-state index in [1.54, 1.807) is 0 Å². The van der Waals surface area contributed by atoms with E-state index in [0.29, 0.717) is 6.41 Å². The van der Waals surface area contributed by atoms with Crippen molar-refractivity contribution in [3.63, 3.8) is 0 Å². The molecule has 0 radical (unpaired) electrons. The van der Waals surface area contributed by atoms with Crippen molar-refractivity contribution in [1.82, 2.24) is 10.9 Å². The van der Waals surface area contributed by atoms with Gasteiger partial charge in [-0.05, 0) is 6.42 Å². The lowest BCUT2D eigenvalue weighted by Gasteiger charge is -1.94. The van der Waals surface area contributed by atoms with Crippen LogP contribution < -0.4 is 10.9 Å². The average molecular weight is 102 g/mol. The highest BCUT2D eigenvalue weighted by Gasteiger charge is 1.73. The predicted octanol–water partition coefficient (Wildman–Crippen LogP) is -0.353. The highest BCUT2D eigenvalue weighted by Crippen LogP contribution is 1.62. The van der Waals surface area contributed by atoms with Crippen LogP contribution in [0.1, 0.15) is 13.3 Å². The summed E-state index contributed by atoms with van der Waals surface area (Å²) < 4.78 is 0. The molecule has 0 rings (SSSR count). The average Bonchev–Trinajstić information content (AvgIpc) is 1.69. The summed E-state index contributed by atoms with van der Waals surface area (Å²) in [4.78, 5) is 9.51. The monoisotopic (exact) mass is 102 g/mol. The molecule has 42 valence electrons. The summed E-state index contributed by atoms with van der Waals surface area (Å²) in [5, 5.41) is 0. The summed E-state index contributed by atoms with van der Waals surface area (Å²) >= 11 is 0. The second kappa shape index (κ2) is 5.43. The Hall–Kier alpha value is -0.570. The first-order valence-electron chi connectivity index (χ1n) is 2.34. The van der Waals surface area contributed by atoms with Crippen LogP contribution in [0.2, 0.25) is 0 Å². The summed E-state index contributed by atoms with van der Waals surface area (Å²) in [6.45, 7) is 2.86. The quantitative estimate of drug-likeness (QED) is 0.289. The highest BCUT2D eigenvalue weighted by molar-refractivity contribution is 5.44. The molecule has 0 atom stereocenters. The first-order valence-corrected chi connectivity index (χ1v) is 2.34. The molecule has 0 saturated carbocycles. The van der Waals surface area contributed by atoms with Gasteiger partial charge in [0.2, 0.25) is 6.41 Å². The van der Waals surface area contributed by atoms with E-state index in [4.69, 9.17) is 0 Å². The van der Waals surface area contributed by atoms with E-state index in [2.05, 4.69) is 10.9 Å². The molecule has 0 saturated heterocycles. The molecule has 3 nitrogen and oxygen atoms in total. The molecule has 0 aliphatic carbocycles. The number of nitrogens with one attached hydrogen (secondary N) is 2. The Bertz CT molecular complexity index is 47.0. The molecule has 3 heteroatoms. The smallest absolute Gasteiger partial charge is 0.221 e. The number of rotatable bonds is 4. The molecule has 1 amide bonds. The Morgan fingerprint density at radius 2 is 2.43 bits per heavy atom. The maximum atomic E-state index is 9.51. The van der Waals surface area contributed by atoms with E-state index < -0.39 is 0 Å². The fourth-order valence-electron chi connectivity index (χ4n) is 0.239. The van der Waals surface area contributed by atoms with Gasteiger partial charge in [-0.2, -0.15) is 0 Å². The lowest BCUT2D eigenvalue weighted by atomic mass is 10.5. The number of amides is 1. The van der Waals surface area contributed by atoms with Crippen LogP contribution in [-0.2, 0) is 4.79 Å². The Labute approximate surface area is 43.1 Å². The Morgan fingerprint density at radius 3 is 2.86 bits per heavy atom. The second-order valence-corrected chi connectivity index (χ2v) is 1.19. The highest BCUT2D eigenvalue weighted by atomic mass is 16.1. The maximum absolute atomic E-state index is 9.51. The lowest BCUT2D eigenvalue weighted by Crippen LogP contribution is -2.30. The third-order valence-corrected chi connectivity index (χ3v) is 0.536. The largest absolute Gasteiger partial charge is 0.294 e. The van der Waals surface area contributed by atoms with Gasteiger partial charge in [-0.1, -0.05) is 6.92 Å². The summed E-state index contributed by atoms with van der Waals surface area (Å²) in [5.74, 6) is 0. The molecule has 0 fully saturated rings. The molecule has 0 bridgehead atoms. The Balaban J connectivity index is 2.56. The Morgan fingerprint density at radius 1 is 1.71 bits per heavy atom. The summed E-state index contributed by atoms with van der Waals surface area (Å²) in [6, 6.07) is 0. The zero-order chi connectivity index (χ0) is 5.54. The molecule has 2 N–H and O–H groups in total. The minimum absolute atomic E-state index is 0.621. The van der Waals surface area contributed by atoms with Crippen molar-refractivity contribution in [3.05, 3.63) is 0 Å². The Kier molecular flexibility index (Phi) is 4.99. The summed E-state index contributed by atoms with van der Waals surface area (Å²) in [6.07, 6.45) is 1.65. The van der Waals surface area contributed by atoms with Crippen molar-refractivity contribution in [1.29, 1.82) is 0 Å². The zero-order valence-corrected chi connectivity index (χ0v) is 4.40. The van der Waals surface area contributed by atoms with Gasteiger partial charge in [0.15, 0.2) is 0 Å². The van der Waals surface area contributed by atoms with Gasteiger partial charge in [0.05, 0.1) is 0 Å². The zero-order valence-electron chi connectivity index (χ0n) is 4.40. The fourth-order valence-corrected chi connectivity index (χ4v) is 0.239. The van der Waals surface area contributed by atoms with Crippen molar-refractivity contribution < 1.29 is 4.79 Å². The van der Waals surface area contributed by atoms with E-state index in [9.17, 15) is 4.79 Å². The maximum Gasteiger partial charge on any atom is 0.221 e. The SMILES string of the molecule is CCCNNC=O. The topological polar surface area (TPSA) is 41.1 Å². The lowest BCUT2D eigenvalue weighted by molar-refractivity contribution is -0.110. The molecular weight excluding hydrogens is 92.1 g/mol. The number of carbonyl (C=O) groups is 1. The second-order valence-electron chi connectivity index (χ2n) is 1.19. The van der Waals surface area contributed by atoms with Crippen LogP contribution in [-0.4, -0.2) is 13.0 Å². The fraction of sp³-hybridized carbons (Fsp3) is 0.750. The van der Waals surface area contributed by atoms with E-state index in [1.807, 2.05) is 6.92 Å². The molecule has 0 aliphatic rings. The van der Waals surface area contributed by atoms with Crippen molar-refractivity contribution in [2.24, 2.45) is 0 Å². The van der Waals surface area contributed by atoms with Crippen LogP contribution in [0, 0.1) is 0 Å². The van der Waals surface area contributed by atoms with E-state index >= 15 is 0 Å². The molecule has 0 aliphatic heterocycles. The van der Waals surface area contributed by atoms with Gasteiger partial charge in [-0.15, -0.1) is 0 Å². The third-order valence-electron chi connectivity index (χ3n) is 0.536. The first kappa shape index (κ1) is 6.43. The van der Waals surface area contributed by atoms with E-state index in [-0.39, 0.29) is 0 Å². The minimum Gasteiger partial charge on any atom is -0.294 e. The van der Waals surface area contributed by atoms with Crippen LogP contribution >= 0.6 is 0 Å². The van der Waals surface area contributed by atoms with Crippen LogP contribution in [0.3, 0.4) is 0 Å². The number of hydrazine groups is 1. The van der Waals surface area contributed by atoms with E-state index in [1.165, 1.54) is 0 Å². The van der Waals surface area contributed by atoms with Crippen LogP contribution in [0.4, 0.5) is 0 Å². The minimum atomic E-state index is 0.621. The van der Waals surface area contributed by atoms with Gasteiger partial charge < -0.3 is 0 Å². The standard InChI is InChI=1S/C4H10N2O/c1-2-3-5-6-4-7/h4-5H,2-3H2,1H3,(H,6,7). The van der Waals surface area contributed by atoms with Gasteiger partial charge in [0.25, 0.3) is 0 Å². The number of carbonyl (C=O) groups excluding carboxylic acids is 1.